The van der Waals surface area contributed by atoms with Crippen LogP contribution < -0.4 is 0 Å². The first-order valence-corrected chi connectivity index (χ1v) is 4.94. The predicted octanol–water partition coefficient (Wildman–Crippen LogP) is 2.98. The van der Waals surface area contributed by atoms with E-state index in [2.05, 4.69) is 47.0 Å². The van der Waals surface area contributed by atoms with Crippen LogP contribution in [0, 0.1) is 5.41 Å². The van der Waals surface area contributed by atoms with Crippen molar-refractivity contribution in [1.29, 1.82) is 0 Å². The van der Waals surface area contributed by atoms with Crippen molar-refractivity contribution < 1.29 is 0 Å². The Morgan fingerprint density at radius 1 is 1.55 bits per heavy atom. The molecule has 1 rings (SSSR count). The molecule has 0 atom stereocenters. The largest absolute Gasteiger partial charge is 0.367 e. The van der Waals surface area contributed by atoms with Crippen molar-refractivity contribution in [2.75, 3.05) is 5.33 Å². The molecule has 0 aliphatic heterocycles. The number of hydrogen-bond acceptors (Lipinski definition) is 0. The first-order valence-electron chi connectivity index (χ1n) is 3.82. The van der Waals surface area contributed by atoms with E-state index in [1.54, 1.807) is 0 Å². The summed E-state index contributed by atoms with van der Waals surface area (Å²) >= 11 is 3.51. The topological polar surface area (TPSA) is 15.8 Å². The third kappa shape index (κ3) is 2.70. The fourth-order valence-corrected chi connectivity index (χ4v) is 1.27. The Bertz CT molecular complexity index is 201. The molecule has 0 spiro atoms. The molecule has 2 heteroatoms. The Hall–Kier alpha value is -0.240. The minimum Gasteiger partial charge on any atom is -0.367 e. The third-order valence-corrected chi connectivity index (χ3v) is 3.22. The van der Waals surface area contributed by atoms with E-state index < -0.39 is 0 Å². The molecule has 1 heterocycles. The lowest BCUT2D eigenvalue weighted by Gasteiger charge is -2.20. The summed E-state index contributed by atoms with van der Waals surface area (Å²) in [5.74, 6) is 0. The van der Waals surface area contributed by atoms with Crippen LogP contribution >= 0.6 is 15.9 Å². The van der Waals surface area contributed by atoms with Gasteiger partial charge in [0.2, 0.25) is 0 Å². The van der Waals surface area contributed by atoms with Gasteiger partial charge in [-0.3, -0.25) is 0 Å². The van der Waals surface area contributed by atoms with Crippen LogP contribution in [-0.2, 0) is 6.42 Å². The van der Waals surface area contributed by atoms with Gasteiger partial charge in [0.15, 0.2) is 0 Å². The second kappa shape index (κ2) is 3.44. The number of aromatic amines is 1. The normalized spacial score (nSPS) is 11.9. The molecule has 62 valence electrons. The highest BCUT2D eigenvalue weighted by molar-refractivity contribution is 9.09. The molecular weight excluding hydrogens is 202 g/mol. The van der Waals surface area contributed by atoms with Gasteiger partial charge in [-0.2, -0.15) is 0 Å². The van der Waals surface area contributed by atoms with Crippen LogP contribution in [0.25, 0.3) is 0 Å². The standard InChI is InChI=1S/C9H14BrN/c1-9(2,7-10)5-8-3-4-11-6-8/h3-4,6,11H,5,7H2,1-2H3. The van der Waals surface area contributed by atoms with E-state index in [0.717, 1.165) is 11.8 Å². The maximum atomic E-state index is 3.51. The average Bonchev–Trinajstić information content (AvgIpc) is 2.39. The van der Waals surface area contributed by atoms with Crippen molar-refractivity contribution in [2.45, 2.75) is 20.3 Å². The molecule has 0 fully saturated rings. The van der Waals surface area contributed by atoms with Crippen LogP contribution in [0.2, 0.25) is 0 Å². The monoisotopic (exact) mass is 215 g/mol. The van der Waals surface area contributed by atoms with Gasteiger partial charge >= 0.3 is 0 Å². The van der Waals surface area contributed by atoms with Gasteiger partial charge in [-0.25, -0.2) is 0 Å². The number of aromatic nitrogens is 1. The number of alkyl halides is 1. The molecule has 0 aliphatic carbocycles. The zero-order valence-electron chi connectivity index (χ0n) is 7.02. The Kier molecular flexibility index (Phi) is 2.77. The number of nitrogens with one attached hydrogen (secondary N) is 1. The summed E-state index contributed by atoms with van der Waals surface area (Å²) < 4.78 is 0. The lowest BCUT2D eigenvalue weighted by Crippen LogP contribution is -2.15. The van der Waals surface area contributed by atoms with Crippen LogP contribution in [-0.4, -0.2) is 10.3 Å². The van der Waals surface area contributed by atoms with Gasteiger partial charge in [0.05, 0.1) is 0 Å². The molecule has 0 radical (unpaired) electrons. The molecule has 11 heavy (non-hydrogen) atoms. The summed E-state index contributed by atoms with van der Waals surface area (Å²) in [7, 11) is 0. The van der Waals surface area contributed by atoms with Crippen LogP contribution in [0.3, 0.4) is 0 Å². The van der Waals surface area contributed by atoms with Crippen LogP contribution in [0.15, 0.2) is 18.5 Å². The lowest BCUT2D eigenvalue weighted by atomic mass is 9.89. The predicted molar refractivity (Wildman–Crippen MR) is 52.1 cm³/mol. The number of rotatable bonds is 3. The van der Waals surface area contributed by atoms with Crippen molar-refractivity contribution in [3.8, 4) is 0 Å². The Morgan fingerprint density at radius 2 is 2.27 bits per heavy atom. The zero-order chi connectivity index (χ0) is 8.32. The summed E-state index contributed by atoms with van der Waals surface area (Å²) in [5.41, 5.74) is 1.75. The van der Waals surface area contributed by atoms with E-state index in [0.29, 0.717) is 5.41 Å². The summed E-state index contributed by atoms with van der Waals surface area (Å²) in [6, 6.07) is 2.13. The molecule has 1 N–H and O–H groups in total. The van der Waals surface area contributed by atoms with Crippen molar-refractivity contribution in [3.63, 3.8) is 0 Å². The zero-order valence-corrected chi connectivity index (χ0v) is 8.61. The smallest absolute Gasteiger partial charge is 0.00858 e. The quantitative estimate of drug-likeness (QED) is 0.747. The molecule has 0 aromatic carbocycles. The fraction of sp³-hybridized carbons (Fsp3) is 0.556. The van der Waals surface area contributed by atoms with E-state index in [-0.39, 0.29) is 0 Å². The average molecular weight is 216 g/mol. The van der Waals surface area contributed by atoms with Crippen molar-refractivity contribution >= 4 is 15.9 Å². The molecule has 0 unspecified atom stereocenters. The van der Waals surface area contributed by atoms with Gasteiger partial charge in [-0.1, -0.05) is 29.8 Å². The molecule has 1 aromatic rings. The highest BCUT2D eigenvalue weighted by Crippen LogP contribution is 2.23. The summed E-state index contributed by atoms with van der Waals surface area (Å²) in [6.45, 7) is 4.52. The molecular formula is C9H14BrN. The van der Waals surface area contributed by atoms with Crippen LogP contribution in [0.4, 0.5) is 0 Å². The highest BCUT2D eigenvalue weighted by Gasteiger charge is 2.16. The summed E-state index contributed by atoms with van der Waals surface area (Å²) in [4.78, 5) is 3.06. The molecule has 1 nitrogen and oxygen atoms in total. The molecule has 0 aliphatic rings. The maximum Gasteiger partial charge on any atom is 0.00858 e. The Balaban J connectivity index is 2.56. The molecule has 0 saturated carbocycles. The van der Waals surface area contributed by atoms with E-state index in [1.807, 2.05) is 6.20 Å². The minimum atomic E-state index is 0.363. The van der Waals surface area contributed by atoms with Crippen molar-refractivity contribution in [2.24, 2.45) is 5.41 Å². The number of H-pyrrole nitrogens is 1. The molecule has 0 saturated heterocycles. The van der Waals surface area contributed by atoms with Gasteiger partial charge in [0, 0.05) is 17.7 Å². The van der Waals surface area contributed by atoms with E-state index >= 15 is 0 Å². The van der Waals surface area contributed by atoms with E-state index in [1.165, 1.54) is 5.56 Å². The van der Waals surface area contributed by atoms with Gasteiger partial charge < -0.3 is 4.98 Å². The second-order valence-corrected chi connectivity index (χ2v) is 4.25. The number of halogens is 1. The highest BCUT2D eigenvalue weighted by atomic mass is 79.9. The maximum absolute atomic E-state index is 3.51. The second-order valence-electron chi connectivity index (χ2n) is 3.69. The minimum absolute atomic E-state index is 0.363. The number of hydrogen-bond donors (Lipinski definition) is 1. The Morgan fingerprint density at radius 3 is 2.73 bits per heavy atom. The SMILES string of the molecule is CC(C)(CBr)Cc1cc[nH]c1. The molecule has 0 amide bonds. The summed E-state index contributed by atoms with van der Waals surface area (Å²) in [6.07, 6.45) is 5.16. The van der Waals surface area contributed by atoms with Gasteiger partial charge in [0.25, 0.3) is 0 Å². The van der Waals surface area contributed by atoms with Crippen LogP contribution in [0.1, 0.15) is 19.4 Å². The van der Waals surface area contributed by atoms with Crippen molar-refractivity contribution in [3.05, 3.63) is 24.0 Å². The van der Waals surface area contributed by atoms with Gasteiger partial charge in [0.1, 0.15) is 0 Å². The third-order valence-electron chi connectivity index (χ3n) is 1.71. The summed E-state index contributed by atoms with van der Waals surface area (Å²) in [5, 5.41) is 1.05. The van der Waals surface area contributed by atoms with E-state index in [9.17, 15) is 0 Å². The van der Waals surface area contributed by atoms with Gasteiger partial charge in [-0.05, 0) is 23.5 Å². The fourth-order valence-electron chi connectivity index (χ4n) is 1.07. The van der Waals surface area contributed by atoms with Gasteiger partial charge in [-0.15, -0.1) is 0 Å². The first kappa shape index (κ1) is 8.85. The first-order chi connectivity index (χ1) is 5.14. The Labute approximate surface area is 76.3 Å². The van der Waals surface area contributed by atoms with Crippen LogP contribution in [0.5, 0.6) is 0 Å². The molecule has 1 aromatic heterocycles. The molecule has 0 bridgehead atoms. The lowest BCUT2D eigenvalue weighted by molar-refractivity contribution is 0.425. The van der Waals surface area contributed by atoms with Crippen molar-refractivity contribution in [1.82, 2.24) is 4.98 Å². The van der Waals surface area contributed by atoms with E-state index in [4.69, 9.17) is 0 Å².